The number of aliphatic hydroxyl groups excluding tert-OH is 1. The van der Waals surface area contributed by atoms with Crippen LogP contribution in [0.15, 0.2) is 18.5 Å². The summed E-state index contributed by atoms with van der Waals surface area (Å²) in [6.45, 7) is 3.24. The molecule has 3 N–H and O–H groups in total. The first-order valence-electron chi connectivity index (χ1n) is 4.25. The summed E-state index contributed by atoms with van der Waals surface area (Å²) < 4.78 is 2.05. The largest absolute Gasteiger partial charge is 0.393 e. The van der Waals surface area contributed by atoms with Crippen molar-refractivity contribution in [1.29, 1.82) is 0 Å². The number of aliphatic hydroxyl groups is 1. The third-order valence-electron chi connectivity index (χ3n) is 1.85. The van der Waals surface area contributed by atoms with Crippen molar-refractivity contribution in [3.05, 3.63) is 24.0 Å². The van der Waals surface area contributed by atoms with Crippen LogP contribution in [0.5, 0.6) is 0 Å². The molecule has 0 aliphatic carbocycles. The van der Waals surface area contributed by atoms with E-state index in [1.165, 1.54) is 0 Å². The van der Waals surface area contributed by atoms with Crippen LogP contribution in [0.3, 0.4) is 0 Å². The van der Waals surface area contributed by atoms with Gasteiger partial charge in [-0.05, 0) is 25.0 Å². The van der Waals surface area contributed by atoms with E-state index in [4.69, 9.17) is 10.8 Å². The number of hydrogen-bond acceptors (Lipinski definition) is 2. The predicted molar refractivity (Wildman–Crippen MR) is 48.6 cm³/mol. The van der Waals surface area contributed by atoms with E-state index in [9.17, 15) is 0 Å². The molecule has 0 radical (unpaired) electrons. The number of aryl methyl sites for hydroxylation is 1. The zero-order valence-corrected chi connectivity index (χ0v) is 7.40. The van der Waals surface area contributed by atoms with E-state index in [2.05, 4.69) is 4.57 Å². The molecule has 0 saturated heterocycles. The number of nitrogens with two attached hydrogens (primary N) is 1. The van der Waals surface area contributed by atoms with Crippen molar-refractivity contribution in [2.75, 3.05) is 0 Å². The van der Waals surface area contributed by atoms with Crippen LogP contribution in [0.4, 0.5) is 0 Å². The topological polar surface area (TPSA) is 51.2 Å². The van der Waals surface area contributed by atoms with Gasteiger partial charge in [-0.15, -0.1) is 0 Å². The zero-order valence-electron chi connectivity index (χ0n) is 7.40. The molecule has 68 valence electrons. The molecule has 1 unspecified atom stereocenters. The standard InChI is InChI=1S/C9H16N2O/c1-8(12)2-4-11-5-3-9(6-10)7-11/h3,5,7-8,12H,2,4,6,10H2,1H3. The van der Waals surface area contributed by atoms with Crippen molar-refractivity contribution in [1.82, 2.24) is 4.57 Å². The minimum atomic E-state index is -0.228. The maximum Gasteiger partial charge on any atom is 0.0529 e. The van der Waals surface area contributed by atoms with Crippen molar-refractivity contribution in [3.8, 4) is 0 Å². The lowest BCUT2D eigenvalue weighted by atomic mass is 10.3. The highest BCUT2D eigenvalue weighted by Crippen LogP contribution is 2.02. The van der Waals surface area contributed by atoms with Crippen LogP contribution < -0.4 is 5.73 Å². The fourth-order valence-electron chi connectivity index (χ4n) is 1.09. The van der Waals surface area contributed by atoms with Crippen LogP contribution in [0.2, 0.25) is 0 Å². The second-order valence-corrected chi connectivity index (χ2v) is 3.10. The lowest BCUT2D eigenvalue weighted by Gasteiger charge is -2.04. The van der Waals surface area contributed by atoms with Gasteiger partial charge in [0, 0.05) is 25.5 Å². The molecule has 0 aliphatic heterocycles. The van der Waals surface area contributed by atoms with Gasteiger partial charge < -0.3 is 15.4 Å². The van der Waals surface area contributed by atoms with E-state index in [1.54, 1.807) is 6.92 Å². The molecular weight excluding hydrogens is 152 g/mol. The fourth-order valence-corrected chi connectivity index (χ4v) is 1.09. The molecule has 3 nitrogen and oxygen atoms in total. The minimum Gasteiger partial charge on any atom is -0.393 e. The minimum absolute atomic E-state index is 0.228. The molecule has 0 saturated carbocycles. The summed E-state index contributed by atoms with van der Waals surface area (Å²) in [6.07, 6.45) is 4.57. The van der Waals surface area contributed by atoms with Gasteiger partial charge in [-0.1, -0.05) is 0 Å². The Morgan fingerprint density at radius 3 is 2.92 bits per heavy atom. The summed E-state index contributed by atoms with van der Waals surface area (Å²) in [5, 5.41) is 9.04. The van der Waals surface area contributed by atoms with Crippen LogP contribution in [-0.4, -0.2) is 15.8 Å². The van der Waals surface area contributed by atoms with E-state index in [0.717, 1.165) is 18.5 Å². The molecule has 1 aromatic heterocycles. The average Bonchev–Trinajstić information content (AvgIpc) is 2.48. The first-order valence-corrected chi connectivity index (χ1v) is 4.25. The summed E-state index contributed by atoms with van der Waals surface area (Å²) >= 11 is 0. The number of rotatable bonds is 4. The lowest BCUT2D eigenvalue weighted by Crippen LogP contribution is -2.05. The average molecular weight is 168 g/mol. The van der Waals surface area contributed by atoms with Gasteiger partial charge in [0.2, 0.25) is 0 Å². The number of aromatic nitrogens is 1. The van der Waals surface area contributed by atoms with Crippen molar-refractivity contribution < 1.29 is 5.11 Å². The van der Waals surface area contributed by atoms with Crippen molar-refractivity contribution >= 4 is 0 Å². The summed E-state index contributed by atoms with van der Waals surface area (Å²) in [5.41, 5.74) is 6.60. The van der Waals surface area contributed by atoms with Crippen LogP contribution in [0.1, 0.15) is 18.9 Å². The molecule has 0 spiro atoms. The molecule has 0 bridgehead atoms. The number of nitrogens with zero attached hydrogens (tertiary/aromatic N) is 1. The van der Waals surface area contributed by atoms with Gasteiger partial charge in [-0.25, -0.2) is 0 Å². The normalized spacial score (nSPS) is 13.2. The Morgan fingerprint density at radius 2 is 2.42 bits per heavy atom. The van der Waals surface area contributed by atoms with Gasteiger partial charge in [-0.2, -0.15) is 0 Å². The highest BCUT2D eigenvalue weighted by molar-refractivity contribution is 5.09. The summed E-state index contributed by atoms with van der Waals surface area (Å²) in [4.78, 5) is 0. The Balaban J connectivity index is 2.41. The summed E-state index contributed by atoms with van der Waals surface area (Å²) in [6, 6.07) is 2.00. The smallest absolute Gasteiger partial charge is 0.0529 e. The van der Waals surface area contributed by atoms with Gasteiger partial charge >= 0.3 is 0 Å². The van der Waals surface area contributed by atoms with Crippen molar-refractivity contribution in [2.45, 2.75) is 32.5 Å². The molecule has 0 fully saturated rings. The fraction of sp³-hybridized carbons (Fsp3) is 0.556. The molecule has 3 heteroatoms. The maximum atomic E-state index is 9.04. The summed E-state index contributed by atoms with van der Waals surface area (Å²) in [5.74, 6) is 0. The molecule has 1 heterocycles. The molecule has 12 heavy (non-hydrogen) atoms. The first-order chi connectivity index (χ1) is 5.72. The first kappa shape index (κ1) is 9.29. The molecule has 1 atom stereocenters. The van der Waals surface area contributed by atoms with E-state index in [0.29, 0.717) is 6.54 Å². The van der Waals surface area contributed by atoms with Crippen LogP contribution in [-0.2, 0) is 13.1 Å². The van der Waals surface area contributed by atoms with Crippen molar-refractivity contribution in [3.63, 3.8) is 0 Å². The van der Waals surface area contributed by atoms with Gasteiger partial charge in [0.1, 0.15) is 0 Å². The lowest BCUT2D eigenvalue weighted by molar-refractivity contribution is 0.178. The Hall–Kier alpha value is -0.800. The SMILES string of the molecule is CC(O)CCn1ccc(CN)c1. The quantitative estimate of drug-likeness (QED) is 0.696. The van der Waals surface area contributed by atoms with Crippen LogP contribution in [0.25, 0.3) is 0 Å². The molecule has 1 aromatic rings. The van der Waals surface area contributed by atoms with Gasteiger partial charge in [0.15, 0.2) is 0 Å². The zero-order chi connectivity index (χ0) is 8.97. The van der Waals surface area contributed by atoms with Crippen LogP contribution >= 0.6 is 0 Å². The second-order valence-electron chi connectivity index (χ2n) is 3.10. The van der Waals surface area contributed by atoms with Crippen molar-refractivity contribution in [2.24, 2.45) is 5.73 Å². The maximum absolute atomic E-state index is 9.04. The second kappa shape index (κ2) is 4.28. The van der Waals surface area contributed by atoms with Gasteiger partial charge in [0.25, 0.3) is 0 Å². The van der Waals surface area contributed by atoms with E-state index >= 15 is 0 Å². The molecule has 0 aromatic carbocycles. The summed E-state index contributed by atoms with van der Waals surface area (Å²) in [7, 11) is 0. The monoisotopic (exact) mass is 168 g/mol. The highest BCUT2D eigenvalue weighted by atomic mass is 16.3. The Labute approximate surface area is 72.8 Å². The Morgan fingerprint density at radius 1 is 1.67 bits per heavy atom. The molecule has 0 amide bonds. The third kappa shape index (κ3) is 2.68. The van der Waals surface area contributed by atoms with Gasteiger partial charge in [-0.3, -0.25) is 0 Å². The van der Waals surface area contributed by atoms with Gasteiger partial charge in [0.05, 0.1) is 6.10 Å². The van der Waals surface area contributed by atoms with E-state index < -0.39 is 0 Å². The Bertz CT molecular complexity index is 230. The molecule has 0 aliphatic rings. The highest BCUT2D eigenvalue weighted by Gasteiger charge is 1.97. The Kier molecular flexibility index (Phi) is 3.31. The van der Waals surface area contributed by atoms with E-state index in [1.807, 2.05) is 18.5 Å². The molecular formula is C9H16N2O. The van der Waals surface area contributed by atoms with Crippen LogP contribution in [0, 0.1) is 0 Å². The third-order valence-corrected chi connectivity index (χ3v) is 1.85. The predicted octanol–water partition coefficient (Wildman–Crippen LogP) is 0.718. The molecule has 1 rings (SSSR count). The van der Waals surface area contributed by atoms with E-state index in [-0.39, 0.29) is 6.10 Å². The number of hydrogen-bond donors (Lipinski definition) is 2.